The molecule has 1 fully saturated rings. The van der Waals surface area contributed by atoms with Crippen LogP contribution in [0.1, 0.15) is 37.4 Å². The zero-order chi connectivity index (χ0) is 15.8. The summed E-state index contributed by atoms with van der Waals surface area (Å²) in [4.78, 5) is 2.05. The molecule has 1 aliphatic rings. The second kappa shape index (κ2) is 9.06. The maximum atomic E-state index is 13.1. The van der Waals surface area contributed by atoms with Crippen molar-refractivity contribution in [1.82, 2.24) is 4.90 Å². The lowest BCUT2D eigenvalue weighted by atomic mass is 10.1. The normalized spacial score (nSPS) is 20.2. The van der Waals surface area contributed by atoms with Gasteiger partial charge in [0, 0.05) is 19.6 Å². The van der Waals surface area contributed by atoms with E-state index in [-0.39, 0.29) is 6.67 Å². The van der Waals surface area contributed by atoms with Crippen LogP contribution in [0, 0.1) is 0 Å². The van der Waals surface area contributed by atoms with Gasteiger partial charge in [-0.3, -0.25) is 4.39 Å². The Balaban J connectivity index is 1.72. The van der Waals surface area contributed by atoms with Gasteiger partial charge in [0.1, 0.15) is 11.9 Å². The Morgan fingerprint density at radius 2 is 2.05 bits per heavy atom. The van der Waals surface area contributed by atoms with Gasteiger partial charge in [0.05, 0.1) is 19.4 Å². The van der Waals surface area contributed by atoms with Gasteiger partial charge in [-0.25, -0.2) is 4.39 Å². The second-order valence-corrected chi connectivity index (χ2v) is 5.80. The van der Waals surface area contributed by atoms with E-state index in [4.69, 9.17) is 4.74 Å². The maximum absolute atomic E-state index is 13.1. The number of rotatable bonds is 9. The molecule has 0 aromatic heterocycles. The third-order valence-electron chi connectivity index (χ3n) is 4.00. The molecule has 0 amide bonds. The van der Waals surface area contributed by atoms with E-state index in [0.29, 0.717) is 45.4 Å². The van der Waals surface area contributed by atoms with Gasteiger partial charge in [0.25, 0.3) is 0 Å². The van der Waals surface area contributed by atoms with Crippen LogP contribution in [0.5, 0.6) is 5.75 Å². The average molecular weight is 313 g/mol. The summed E-state index contributed by atoms with van der Waals surface area (Å²) in [5.41, 5.74) is 0.840. The third-order valence-corrected chi connectivity index (χ3v) is 4.00. The molecule has 0 bridgehead atoms. The average Bonchev–Trinajstić information content (AvgIpc) is 2.95. The zero-order valence-electron chi connectivity index (χ0n) is 12.9. The van der Waals surface area contributed by atoms with Crippen molar-refractivity contribution < 1.29 is 18.6 Å². The van der Waals surface area contributed by atoms with Crippen LogP contribution in [0.2, 0.25) is 0 Å². The van der Waals surface area contributed by atoms with E-state index in [0.717, 1.165) is 17.9 Å². The van der Waals surface area contributed by atoms with Crippen molar-refractivity contribution >= 4 is 0 Å². The van der Waals surface area contributed by atoms with Crippen LogP contribution >= 0.6 is 0 Å². The first kappa shape index (κ1) is 17.2. The Kier molecular flexibility index (Phi) is 7.06. The smallest absolute Gasteiger partial charge is 0.119 e. The number of alkyl halides is 2. The number of nitrogens with zero attached hydrogens (tertiary/aromatic N) is 1. The molecule has 124 valence electrons. The molecule has 0 aliphatic carbocycles. The quantitative estimate of drug-likeness (QED) is 0.710. The topological polar surface area (TPSA) is 32.7 Å². The highest BCUT2D eigenvalue weighted by atomic mass is 19.1. The number of benzene rings is 1. The van der Waals surface area contributed by atoms with Crippen molar-refractivity contribution in [3.8, 4) is 5.75 Å². The van der Waals surface area contributed by atoms with E-state index >= 15 is 0 Å². The van der Waals surface area contributed by atoms with Crippen molar-refractivity contribution in [2.45, 2.75) is 38.0 Å². The number of aliphatic hydroxyl groups is 1. The first-order chi connectivity index (χ1) is 10.7. The summed E-state index contributed by atoms with van der Waals surface area (Å²) in [6.07, 6.45) is 1.16. The van der Waals surface area contributed by atoms with E-state index in [1.165, 1.54) is 0 Å². The van der Waals surface area contributed by atoms with Crippen LogP contribution in [0.3, 0.4) is 0 Å². The molecule has 1 aromatic carbocycles. The van der Waals surface area contributed by atoms with E-state index < -0.39 is 12.3 Å². The van der Waals surface area contributed by atoms with Crippen molar-refractivity contribution in [3.05, 3.63) is 29.8 Å². The van der Waals surface area contributed by atoms with Crippen LogP contribution < -0.4 is 4.74 Å². The highest BCUT2D eigenvalue weighted by molar-refractivity contribution is 5.28. The fourth-order valence-corrected chi connectivity index (χ4v) is 2.63. The van der Waals surface area contributed by atoms with Gasteiger partial charge >= 0.3 is 0 Å². The SMILES string of the molecule is O[C@@H](CCN1CCC(F)C1)c1ccc(OCCCCF)cc1. The summed E-state index contributed by atoms with van der Waals surface area (Å²) in [5, 5.41) is 10.2. The van der Waals surface area contributed by atoms with Crippen LogP contribution in [-0.2, 0) is 0 Å². The summed E-state index contributed by atoms with van der Waals surface area (Å²) in [7, 11) is 0. The van der Waals surface area contributed by atoms with E-state index in [1.54, 1.807) is 0 Å². The molecule has 2 rings (SSSR count). The molecule has 1 N–H and O–H groups in total. The van der Waals surface area contributed by atoms with Crippen LogP contribution in [0.4, 0.5) is 8.78 Å². The molecule has 0 spiro atoms. The number of aliphatic hydroxyl groups excluding tert-OH is 1. The first-order valence-electron chi connectivity index (χ1n) is 8.02. The lowest BCUT2D eigenvalue weighted by Gasteiger charge is -2.18. The van der Waals surface area contributed by atoms with E-state index in [2.05, 4.69) is 4.90 Å². The summed E-state index contributed by atoms with van der Waals surface area (Å²) < 4.78 is 30.5. The Morgan fingerprint density at radius 3 is 2.68 bits per heavy atom. The minimum Gasteiger partial charge on any atom is -0.494 e. The van der Waals surface area contributed by atoms with Gasteiger partial charge in [-0.05, 0) is 43.4 Å². The van der Waals surface area contributed by atoms with Crippen LogP contribution in [0.25, 0.3) is 0 Å². The molecule has 1 aliphatic heterocycles. The molecule has 2 atom stereocenters. The van der Waals surface area contributed by atoms with Crippen molar-refractivity contribution in [3.63, 3.8) is 0 Å². The van der Waals surface area contributed by atoms with Crippen molar-refractivity contribution in [2.75, 3.05) is 32.9 Å². The Labute approximate surface area is 130 Å². The maximum Gasteiger partial charge on any atom is 0.119 e. The molecule has 3 nitrogen and oxygen atoms in total. The third kappa shape index (κ3) is 5.54. The van der Waals surface area contributed by atoms with Crippen molar-refractivity contribution in [1.29, 1.82) is 0 Å². The number of ether oxygens (including phenoxy) is 1. The van der Waals surface area contributed by atoms with Crippen molar-refractivity contribution in [2.24, 2.45) is 0 Å². The number of halogens is 2. The number of likely N-dealkylation sites (tertiary alicyclic amines) is 1. The molecule has 5 heteroatoms. The molecule has 1 saturated heterocycles. The largest absolute Gasteiger partial charge is 0.494 e. The van der Waals surface area contributed by atoms with Gasteiger partial charge in [0.2, 0.25) is 0 Å². The summed E-state index contributed by atoms with van der Waals surface area (Å²) in [5.74, 6) is 0.731. The van der Waals surface area contributed by atoms with Gasteiger partial charge in [-0.1, -0.05) is 12.1 Å². The number of unbranched alkanes of at least 4 members (excludes halogenated alkanes) is 1. The fourth-order valence-electron chi connectivity index (χ4n) is 2.63. The van der Waals surface area contributed by atoms with Crippen LogP contribution in [-0.4, -0.2) is 49.1 Å². The molecule has 1 heterocycles. The predicted molar refractivity (Wildman–Crippen MR) is 82.7 cm³/mol. The zero-order valence-corrected chi connectivity index (χ0v) is 12.9. The molecule has 1 aromatic rings. The Morgan fingerprint density at radius 1 is 1.27 bits per heavy atom. The first-order valence-corrected chi connectivity index (χ1v) is 8.02. The Bertz CT molecular complexity index is 427. The minimum absolute atomic E-state index is 0.311. The van der Waals surface area contributed by atoms with Gasteiger partial charge in [-0.2, -0.15) is 0 Å². The molecule has 22 heavy (non-hydrogen) atoms. The predicted octanol–water partition coefficient (Wildman–Crippen LogP) is 3.28. The molecule has 0 saturated carbocycles. The molecule has 1 unspecified atom stereocenters. The van der Waals surface area contributed by atoms with Gasteiger partial charge in [0.15, 0.2) is 0 Å². The molecular formula is C17H25F2NO2. The van der Waals surface area contributed by atoms with Gasteiger partial charge < -0.3 is 14.7 Å². The highest BCUT2D eigenvalue weighted by Gasteiger charge is 2.22. The van der Waals surface area contributed by atoms with Crippen LogP contribution in [0.15, 0.2) is 24.3 Å². The summed E-state index contributed by atoms with van der Waals surface area (Å²) in [6.45, 7) is 2.17. The lowest BCUT2D eigenvalue weighted by molar-refractivity contribution is 0.146. The fraction of sp³-hybridized carbons (Fsp3) is 0.647. The van der Waals surface area contributed by atoms with Gasteiger partial charge in [-0.15, -0.1) is 0 Å². The minimum atomic E-state index is -0.717. The summed E-state index contributed by atoms with van der Waals surface area (Å²) >= 11 is 0. The lowest BCUT2D eigenvalue weighted by Crippen LogP contribution is -2.23. The van der Waals surface area contributed by atoms with E-state index in [1.807, 2.05) is 24.3 Å². The second-order valence-electron chi connectivity index (χ2n) is 5.80. The van der Waals surface area contributed by atoms with E-state index in [9.17, 15) is 13.9 Å². The standard InChI is InChI=1S/C17H25F2NO2/c18-9-1-2-12-22-16-5-3-14(4-6-16)17(21)8-11-20-10-7-15(19)13-20/h3-6,15,17,21H,1-2,7-13H2/t15?,17-/m0/s1. The number of hydrogen-bond acceptors (Lipinski definition) is 3. The summed E-state index contributed by atoms with van der Waals surface area (Å²) in [6, 6.07) is 7.33. The molecule has 0 radical (unpaired) electrons. The highest BCUT2D eigenvalue weighted by Crippen LogP contribution is 2.22. The molecular weight excluding hydrogens is 288 g/mol. The number of hydrogen-bond donors (Lipinski definition) is 1. The Hall–Kier alpha value is -1.20. The monoisotopic (exact) mass is 313 g/mol.